The summed E-state index contributed by atoms with van der Waals surface area (Å²) in [5.74, 6) is 0.642. The second kappa shape index (κ2) is 3.10. The summed E-state index contributed by atoms with van der Waals surface area (Å²) in [6, 6.07) is 0. The molecular formula is C8H15ClO. The van der Waals surface area contributed by atoms with Crippen LogP contribution in [-0.4, -0.2) is 18.1 Å². The first kappa shape index (κ1) is 8.35. The Balaban J connectivity index is 2.39. The van der Waals surface area contributed by atoms with Gasteiger partial charge >= 0.3 is 0 Å². The van der Waals surface area contributed by atoms with Crippen molar-refractivity contribution in [2.45, 2.75) is 31.6 Å². The van der Waals surface area contributed by atoms with Crippen molar-refractivity contribution in [2.75, 3.05) is 13.2 Å². The molecule has 0 aromatic rings. The maximum absolute atomic E-state index is 6.16. The van der Waals surface area contributed by atoms with Gasteiger partial charge in [-0.25, -0.2) is 0 Å². The van der Waals surface area contributed by atoms with Gasteiger partial charge in [-0.1, -0.05) is 0 Å². The Hall–Kier alpha value is 0.250. The monoisotopic (exact) mass is 162 g/mol. The van der Waals surface area contributed by atoms with E-state index in [9.17, 15) is 0 Å². The molecule has 0 N–H and O–H groups in total. The van der Waals surface area contributed by atoms with Crippen LogP contribution >= 0.6 is 11.6 Å². The van der Waals surface area contributed by atoms with Gasteiger partial charge in [-0.2, -0.15) is 0 Å². The third-order valence-corrected chi connectivity index (χ3v) is 2.50. The van der Waals surface area contributed by atoms with Crippen molar-refractivity contribution in [3.05, 3.63) is 0 Å². The van der Waals surface area contributed by atoms with Crippen LogP contribution in [0, 0.1) is 5.92 Å². The molecule has 0 saturated carbocycles. The van der Waals surface area contributed by atoms with E-state index in [4.69, 9.17) is 16.3 Å². The first-order valence-electron chi connectivity index (χ1n) is 3.87. The van der Waals surface area contributed by atoms with Crippen LogP contribution in [0.15, 0.2) is 0 Å². The summed E-state index contributed by atoms with van der Waals surface area (Å²) < 4.78 is 5.24. The Kier molecular flexibility index (Phi) is 2.59. The minimum Gasteiger partial charge on any atom is -0.381 e. The minimum atomic E-state index is -0.0379. The number of ether oxygens (including phenoxy) is 1. The van der Waals surface area contributed by atoms with Crippen LogP contribution < -0.4 is 0 Å². The predicted octanol–water partition coefficient (Wildman–Crippen LogP) is 2.43. The molecular weight excluding hydrogens is 148 g/mol. The van der Waals surface area contributed by atoms with Crippen molar-refractivity contribution >= 4 is 11.6 Å². The largest absolute Gasteiger partial charge is 0.381 e. The zero-order chi connectivity index (χ0) is 7.61. The Morgan fingerprint density at radius 3 is 2.10 bits per heavy atom. The molecule has 0 aromatic carbocycles. The summed E-state index contributed by atoms with van der Waals surface area (Å²) in [5.41, 5.74) is 0. The Morgan fingerprint density at radius 1 is 1.30 bits per heavy atom. The van der Waals surface area contributed by atoms with Crippen LogP contribution in [0.1, 0.15) is 26.7 Å². The molecule has 1 fully saturated rings. The van der Waals surface area contributed by atoms with E-state index < -0.39 is 0 Å². The van der Waals surface area contributed by atoms with Gasteiger partial charge in [-0.3, -0.25) is 0 Å². The molecule has 0 spiro atoms. The van der Waals surface area contributed by atoms with Crippen molar-refractivity contribution in [3.63, 3.8) is 0 Å². The third kappa shape index (κ3) is 2.14. The molecule has 0 atom stereocenters. The number of hydrogen-bond donors (Lipinski definition) is 0. The highest BCUT2D eigenvalue weighted by Crippen LogP contribution is 2.31. The molecule has 0 aromatic heterocycles. The van der Waals surface area contributed by atoms with E-state index in [0.29, 0.717) is 5.92 Å². The Morgan fingerprint density at radius 2 is 1.80 bits per heavy atom. The van der Waals surface area contributed by atoms with Gasteiger partial charge in [0.2, 0.25) is 0 Å². The van der Waals surface area contributed by atoms with E-state index in [0.717, 1.165) is 26.1 Å². The fraction of sp³-hybridized carbons (Fsp3) is 1.00. The van der Waals surface area contributed by atoms with Crippen molar-refractivity contribution in [1.82, 2.24) is 0 Å². The van der Waals surface area contributed by atoms with Gasteiger partial charge in [0.25, 0.3) is 0 Å². The SMILES string of the molecule is CC(C)(Cl)C1CCOCC1. The highest BCUT2D eigenvalue weighted by Gasteiger charge is 2.28. The highest BCUT2D eigenvalue weighted by molar-refractivity contribution is 6.23. The van der Waals surface area contributed by atoms with Crippen LogP contribution in [-0.2, 0) is 4.74 Å². The lowest BCUT2D eigenvalue weighted by atomic mass is 9.88. The van der Waals surface area contributed by atoms with Crippen LogP contribution in [0.4, 0.5) is 0 Å². The zero-order valence-corrected chi connectivity index (χ0v) is 7.45. The van der Waals surface area contributed by atoms with Gasteiger partial charge in [0.1, 0.15) is 0 Å². The smallest absolute Gasteiger partial charge is 0.0469 e. The number of halogens is 1. The minimum absolute atomic E-state index is 0.0379. The average molecular weight is 163 g/mol. The molecule has 0 radical (unpaired) electrons. The van der Waals surface area contributed by atoms with E-state index in [1.165, 1.54) is 0 Å². The lowest BCUT2D eigenvalue weighted by molar-refractivity contribution is 0.0566. The molecule has 0 bridgehead atoms. The number of hydrogen-bond acceptors (Lipinski definition) is 1. The zero-order valence-electron chi connectivity index (χ0n) is 6.69. The van der Waals surface area contributed by atoms with Gasteiger partial charge in [0, 0.05) is 18.1 Å². The molecule has 1 aliphatic rings. The average Bonchev–Trinajstić information content (AvgIpc) is 1.88. The fourth-order valence-electron chi connectivity index (χ4n) is 1.38. The molecule has 2 heteroatoms. The van der Waals surface area contributed by atoms with E-state index >= 15 is 0 Å². The summed E-state index contributed by atoms with van der Waals surface area (Å²) in [6.07, 6.45) is 2.24. The molecule has 1 aliphatic heterocycles. The number of alkyl halides is 1. The summed E-state index contributed by atoms with van der Waals surface area (Å²) in [4.78, 5) is -0.0379. The Labute approximate surface area is 67.7 Å². The van der Waals surface area contributed by atoms with E-state index in [1.54, 1.807) is 0 Å². The first-order valence-corrected chi connectivity index (χ1v) is 4.25. The molecule has 0 amide bonds. The maximum Gasteiger partial charge on any atom is 0.0469 e. The molecule has 1 nitrogen and oxygen atoms in total. The Bertz CT molecular complexity index is 100. The van der Waals surface area contributed by atoms with Crippen LogP contribution in [0.2, 0.25) is 0 Å². The quantitative estimate of drug-likeness (QED) is 0.539. The van der Waals surface area contributed by atoms with Gasteiger partial charge in [0.05, 0.1) is 0 Å². The van der Waals surface area contributed by atoms with Crippen molar-refractivity contribution < 1.29 is 4.74 Å². The summed E-state index contributed by atoms with van der Waals surface area (Å²) in [7, 11) is 0. The lowest BCUT2D eigenvalue weighted by Crippen LogP contribution is -2.30. The predicted molar refractivity (Wildman–Crippen MR) is 43.5 cm³/mol. The lowest BCUT2D eigenvalue weighted by Gasteiger charge is -2.31. The van der Waals surface area contributed by atoms with Gasteiger partial charge in [0.15, 0.2) is 0 Å². The maximum atomic E-state index is 6.16. The standard InChI is InChI=1S/C8H15ClO/c1-8(2,9)7-3-5-10-6-4-7/h7H,3-6H2,1-2H3. The molecule has 1 heterocycles. The topological polar surface area (TPSA) is 9.23 Å². The second-order valence-electron chi connectivity index (χ2n) is 3.45. The van der Waals surface area contributed by atoms with Gasteiger partial charge in [-0.05, 0) is 32.6 Å². The van der Waals surface area contributed by atoms with E-state index in [2.05, 4.69) is 13.8 Å². The van der Waals surface area contributed by atoms with Crippen LogP contribution in [0.3, 0.4) is 0 Å². The first-order chi connectivity index (χ1) is 4.61. The van der Waals surface area contributed by atoms with E-state index in [-0.39, 0.29) is 4.87 Å². The van der Waals surface area contributed by atoms with Crippen molar-refractivity contribution in [3.8, 4) is 0 Å². The van der Waals surface area contributed by atoms with Crippen LogP contribution in [0.25, 0.3) is 0 Å². The van der Waals surface area contributed by atoms with E-state index in [1.807, 2.05) is 0 Å². The summed E-state index contributed by atoms with van der Waals surface area (Å²) in [5, 5.41) is 0. The molecule has 10 heavy (non-hydrogen) atoms. The van der Waals surface area contributed by atoms with Crippen LogP contribution in [0.5, 0.6) is 0 Å². The molecule has 1 saturated heterocycles. The molecule has 1 rings (SSSR count). The third-order valence-electron chi connectivity index (χ3n) is 2.19. The van der Waals surface area contributed by atoms with Gasteiger partial charge in [-0.15, -0.1) is 11.6 Å². The molecule has 0 aliphatic carbocycles. The van der Waals surface area contributed by atoms with Crippen molar-refractivity contribution in [2.24, 2.45) is 5.92 Å². The molecule has 60 valence electrons. The second-order valence-corrected chi connectivity index (χ2v) is 4.43. The normalized spacial score (nSPS) is 23.1. The fourth-order valence-corrected chi connectivity index (χ4v) is 1.60. The summed E-state index contributed by atoms with van der Waals surface area (Å²) in [6.45, 7) is 5.96. The van der Waals surface area contributed by atoms with Gasteiger partial charge < -0.3 is 4.74 Å². The van der Waals surface area contributed by atoms with Crippen molar-refractivity contribution in [1.29, 1.82) is 0 Å². The summed E-state index contributed by atoms with van der Waals surface area (Å²) >= 11 is 6.16. The molecule has 0 unspecified atom stereocenters. The number of rotatable bonds is 1. The highest BCUT2D eigenvalue weighted by atomic mass is 35.5.